The Morgan fingerprint density at radius 1 is 1.50 bits per heavy atom. The van der Waals surface area contributed by atoms with E-state index in [9.17, 15) is 9.18 Å². The zero-order chi connectivity index (χ0) is 13.7. The lowest BCUT2D eigenvalue weighted by Gasteiger charge is -2.21. The number of halogens is 2. The third-order valence-corrected chi connectivity index (χ3v) is 3.26. The van der Waals surface area contributed by atoms with Gasteiger partial charge in [0.05, 0.1) is 12.6 Å². The number of carbonyl (C=O) groups excluding carboxylic acids is 1. The largest absolute Gasteiger partial charge is 0.489 e. The third kappa shape index (κ3) is 4.35. The van der Waals surface area contributed by atoms with Crippen LogP contribution in [0.5, 0.6) is 5.75 Å². The molecule has 4 nitrogen and oxygen atoms in total. The summed E-state index contributed by atoms with van der Waals surface area (Å²) in [6.45, 7) is 1.64. The quantitative estimate of drug-likeness (QED) is 0.902. The second kappa shape index (κ2) is 8.07. The summed E-state index contributed by atoms with van der Waals surface area (Å²) >= 11 is 0. The van der Waals surface area contributed by atoms with Gasteiger partial charge in [-0.3, -0.25) is 4.79 Å². The van der Waals surface area contributed by atoms with Crippen molar-refractivity contribution in [2.75, 3.05) is 26.7 Å². The highest BCUT2D eigenvalue weighted by molar-refractivity contribution is 5.85. The summed E-state index contributed by atoms with van der Waals surface area (Å²) in [4.78, 5) is 13.6. The molecule has 6 heteroatoms. The fourth-order valence-electron chi connectivity index (χ4n) is 2.13. The Kier molecular flexibility index (Phi) is 6.75. The van der Waals surface area contributed by atoms with Crippen molar-refractivity contribution in [1.29, 1.82) is 0 Å². The van der Waals surface area contributed by atoms with Gasteiger partial charge in [-0.05, 0) is 31.5 Å². The molecule has 2 rings (SSSR count). The Labute approximate surface area is 124 Å². The van der Waals surface area contributed by atoms with E-state index in [0.29, 0.717) is 6.54 Å². The first kappa shape index (κ1) is 16.7. The van der Waals surface area contributed by atoms with Gasteiger partial charge in [-0.25, -0.2) is 4.39 Å². The van der Waals surface area contributed by atoms with Crippen LogP contribution in [0.2, 0.25) is 0 Å². The molecule has 0 saturated carbocycles. The molecule has 0 radical (unpaired) electrons. The number of amides is 1. The maximum atomic E-state index is 13.3. The van der Waals surface area contributed by atoms with Gasteiger partial charge in [-0.1, -0.05) is 12.1 Å². The molecule has 1 fully saturated rings. The summed E-state index contributed by atoms with van der Waals surface area (Å²) in [6, 6.07) is 6.19. The van der Waals surface area contributed by atoms with Gasteiger partial charge in [0.15, 0.2) is 11.6 Å². The third-order valence-electron chi connectivity index (χ3n) is 3.26. The molecule has 0 bridgehead atoms. The predicted octanol–water partition coefficient (Wildman–Crippen LogP) is 1.84. The highest BCUT2D eigenvalue weighted by atomic mass is 35.5. The van der Waals surface area contributed by atoms with Crippen molar-refractivity contribution in [3.05, 3.63) is 30.1 Å². The van der Waals surface area contributed by atoms with Crippen LogP contribution in [-0.2, 0) is 4.79 Å². The summed E-state index contributed by atoms with van der Waals surface area (Å²) < 4.78 is 18.6. The smallest absolute Gasteiger partial charge is 0.239 e. The molecule has 1 amide bonds. The summed E-state index contributed by atoms with van der Waals surface area (Å²) in [5.74, 6) is -0.0779. The maximum Gasteiger partial charge on any atom is 0.239 e. The van der Waals surface area contributed by atoms with E-state index in [1.165, 1.54) is 6.07 Å². The van der Waals surface area contributed by atoms with Crippen LogP contribution in [0.1, 0.15) is 12.8 Å². The second-order valence-electron chi connectivity index (χ2n) is 4.69. The van der Waals surface area contributed by atoms with Crippen LogP contribution in [0.25, 0.3) is 0 Å². The fourth-order valence-corrected chi connectivity index (χ4v) is 2.13. The van der Waals surface area contributed by atoms with Gasteiger partial charge in [0, 0.05) is 7.05 Å². The van der Waals surface area contributed by atoms with Crippen LogP contribution in [0.4, 0.5) is 4.39 Å². The molecule has 0 aliphatic carbocycles. The van der Waals surface area contributed by atoms with Crippen LogP contribution in [0.3, 0.4) is 0 Å². The number of carbonyl (C=O) groups is 1. The van der Waals surface area contributed by atoms with E-state index in [4.69, 9.17) is 4.74 Å². The summed E-state index contributed by atoms with van der Waals surface area (Å²) in [5, 5.41) is 3.16. The van der Waals surface area contributed by atoms with Gasteiger partial charge in [-0.15, -0.1) is 12.4 Å². The van der Waals surface area contributed by atoms with E-state index >= 15 is 0 Å². The Bertz CT molecular complexity index is 439. The van der Waals surface area contributed by atoms with Crippen LogP contribution in [-0.4, -0.2) is 43.6 Å². The summed E-state index contributed by atoms with van der Waals surface area (Å²) in [5.41, 5.74) is 0. The Morgan fingerprint density at radius 3 is 2.90 bits per heavy atom. The molecule has 1 unspecified atom stereocenters. The monoisotopic (exact) mass is 302 g/mol. The molecule has 1 saturated heterocycles. The summed E-state index contributed by atoms with van der Waals surface area (Å²) in [7, 11) is 1.74. The molecule has 1 heterocycles. The lowest BCUT2D eigenvalue weighted by Crippen LogP contribution is -2.43. The first-order valence-corrected chi connectivity index (χ1v) is 6.54. The van der Waals surface area contributed by atoms with Crippen LogP contribution in [0, 0.1) is 5.82 Å². The Balaban J connectivity index is 0.00000200. The normalized spacial score (nSPS) is 17.4. The van der Waals surface area contributed by atoms with Crippen LogP contribution < -0.4 is 10.1 Å². The minimum atomic E-state index is -0.381. The van der Waals surface area contributed by atoms with Crippen molar-refractivity contribution in [3.8, 4) is 5.75 Å². The molecular formula is C14H20ClFN2O2. The van der Waals surface area contributed by atoms with Crippen molar-refractivity contribution in [3.63, 3.8) is 0 Å². The minimum Gasteiger partial charge on any atom is -0.489 e. The second-order valence-corrected chi connectivity index (χ2v) is 4.69. The Morgan fingerprint density at radius 2 is 2.25 bits per heavy atom. The van der Waals surface area contributed by atoms with Crippen molar-refractivity contribution >= 4 is 18.3 Å². The number of para-hydroxylation sites is 1. The van der Waals surface area contributed by atoms with Crippen molar-refractivity contribution in [1.82, 2.24) is 10.2 Å². The molecular weight excluding hydrogens is 283 g/mol. The number of benzene rings is 1. The van der Waals surface area contributed by atoms with Crippen molar-refractivity contribution < 1.29 is 13.9 Å². The highest BCUT2D eigenvalue weighted by Gasteiger charge is 2.24. The van der Waals surface area contributed by atoms with Gasteiger partial charge < -0.3 is 15.0 Å². The number of nitrogens with zero attached hydrogens (tertiary/aromatic N) is 1. The predicted molar refractivity (Wildman–Crippen MR) is 77.8 cm³/mol. The van der Waals surface area contributed by atoms with E-state index in [1.54, 1.807) is 30.1 Å². The average Bonchev–Trinajstić information content (AvgIpc) is 2.94. The average molecular weight is 303 g/mol. The van der Waals surface area contributed by atoms with Crippen molar-refractivity contribution in [2.45, 2.75) is 18.9 Å². The zero-order valence-electron chi connectivity index (χ0n) is 11.5. The van der Waals surface area contributed by atoms with Gasteiger partial charge in [0.25, 0.3) is 0 Å². The van der Waals surface area contributed by atoms with Gasteiger partial charge in [-0.2, -0.15) is 0 Å². The molecule has 112 valence electrons. The van der Waals surface area contributed by atoms with E-state index in [0.717, 1.165) is 19.4 Å². The fraction of sp³-hybridized carbons (Fsp3) is 0.500. The number of ether oxygens (including phenoxy) is 1. The molecule has 1 aromatic carbocycles. The molecule has 20 heavy (non-hydrogen) atoms. The van der Waals surface area contributed by atoms with E-state index < -0.39 is 0 Å². The number of rotatable bonds is 5. The molecule has 1 aliphatic rings. The number of nitrogens with one attached hydrogen (secondary N) is 1. The topological polar surface area (TPSA) is 41.6 Å². The van der Waals surface area contributed by atoms with E-state index in [1.807, 2.05) is 0 Å². The molecule has 1 aromatic rings. The summed E-state index contributed by atoms with van der Waals surface area (Å²) in [6.07, 6.45) is 1.92. The number of likely N-dealkylation sites (N-methyl/N-ethyl adjacent to an activating group) is 1. The first-order valence-electron chi connectivity index (χ1n) is 6.54. The standard InChI is InChI=1S/C14H19FN2O2.ClH/c1-17(14(18)12-6-4-8-16-12)9-10-19-13-7-3-2-5-11(13)15;/h2-3,5,7,12,16H,4,6,8-10H2,1H3;1H. The minimum absolute atomic E-state index is 0. The number of hydrogen-bond acceptors (Lipinski definition) is 3. The zero-order valence-corrected chi connectivity index (χ0v) is 12.3. The van der Waals surface area contributed by atoms with Crippen molar-refractivity contribution in [2.24, 2.45) is 0 Å². The first-order chi connectivity index (χ1) is 9.18. The molecule has 1 atom stereocenters. The van der Waals surface area contributed by atoms with Gasteiger partial charge in [0.1, 0.15) is 6.61 Å². The van der Waals surface area contributed by atoms with E-state index in [2.05, 4.69) is 5.32 Å². The van der Waals surface area contributed by atoms with Crippen LogP contribution in [0.15, 0.2) is 24.3 Å². The molecule has 1 aliphatic heterocycles. The van der Waals surface area contributed by atoms with Gasteiger partial charge >= 0.3 is 0 Å². The maximum absolute atomic E-state index is 13.3. The SMILES string of the molecule is CN(CCOc1ccccc1F)C(=O)C1CCCN1.Cl. The lowest BCUT2D eigenvalue weighted by molar-refractivity contribution is -0.132. The molecule has 0 spiro atoms. The van der Waals surface area contributed by atoms with Crippen LogP contribution >= 0.6 is 12.4 Å². The lowest BCUT2D eigenvalue weighted by atomic mass is 10.2. The van der Waals surface area contributed by atoms with Gasteiger partial charge in [0.2, 0.25) is 5.91 Å². The molecule has 0 aromatic heterocycles. The van der Waals surface area contributed by atoms with E-state index in [-0.39, 0.29) is 42.5 Å². The highest BCUT2D eigenvalue weighted by Crippen LogP contribution is 2.15. The number of hydrogen-bond donors (Lipinski definition) is 1. The Hall–Kier alpha value is -1.33. The molecule has 1 N–H and O–H groups in total.